The van der Waals surface area contributed by atoms with Gasteiger partial charge in [0.2, 0.25) is 11.8 Å². The molecule has 9 heteroatoms. The van der Waals surface area contributed by atoms with Crippen LogP contribution >= 0.6 is 0 Å². The van der Waals surface area contributed by atoms with E-state index in [-0.39, 0.29) is 12.1 Å². The third-order valence-corrected chi connectivity index (χ3v) is 4.91. The predicted molar refractivity (Wildman–Crippen MR) is 82.5 cm³/mol. The Kier molecular flexibility index (Phi) is 4.51. The second-order valence-corrected chi connectivity index (χ2v) is 6.24. The van der Waals surface area contributed by atoms with Gasteiger partial charge in [-0.15, -0.1) is 0 Å². The number of carbonyl (C=O) groups excluding carboxylic acids is 3. The number of hydrogen-bond acceptors (Lipinski definition) is 5. The highest BCUT2D eigenvalue weighted by Crippen LogP contribution is 2.44. The number of halogens is 3. The van der Waals surface area contributed by atoms with Gasteiger partial charge in [-0.2, -0.15) is 13.2 Å². The number of likely N-dealkylation sites (tertiary alicyclic amines) is 1. The highest BCUT2D eigenvalue weighted by atomic mass is 19.4. The number of imide groups is 1. The molecule has 0 unspecified atom stereocenters. The molecule has 0 aliphatic carbocycles. The Morgan fingerprint density at radius 1 is 1.23 bits per heavy atom. The van der Waals surface area contributed by atoms with E-state index in [4.69, 9.17) is 4.74 Å². The quantitative estimate of drug-likeness (QED) is 0.645. The summed E-state index contributed by atoms with van der Waals surface area (Å²) in [4.78, 5) is 38.3. The van der Waals surface area contributed by atoms with Crippen LogP contribution in [0.3, 0.4) is 0 Å². The fourth-order valence-corrected chi connectivity index (χ4v) is 3.74. The summed E-state index contributed by atoms with van der Waals surface area (Å²) < 4.78 is 43.7. The van der Waals surface area contributed by atoms with E-state index in [0.717, 1.165) is 24.1 Å². The van der Waals surface area contributed by atoms with Gasteiger partial charge in [-0.05, 0) is 24.6 Å². The molecule has 2 aliphatic heterocycles. The summed E-state index contributed by atoms with van der Waals surface area (Å²) in [5.74, 6) is -3.68. The molecule has 1 N–H and O–H groups in total. The van der Waals surface area contributed by atoms with Crippen LogP contribution in [-0.2, 0) is 25.3 Å². The SMILES string of the molecule is CCN1C(=O)[C@@H]2[C@H](C1=O)[C@H](C(=O)OC)N[C@@H]2c1cccc(C(F)(F)F)c1. The van der Waals surface area contributed by atoms with E-state index in [1.54, 1.807) is 6.92 Å². The summed E-state index contributed by atoms with van der Waals surface area (Å²) >= 11 is 0. The van der Waals surface area contributed by atoms with Crippen molar-refractivity contribution < 1.29 is 32.3 Å². The topological polar surface area (TPSA) is 75.7 Å². The number of benzene rings is 1. The third-order valence-electron chi connectivity index (χ3n) is 4.91. The molecule has 1 aromatic carbocycles. The molecule has 0 bridgehead atoms. The molecule has 0 spiro atoms. The second-order valence-electron chi connectivity index (χ2n) is 6.24. The van der Waals surface area contributed by atoms with Gasteiger partial charge in [0.15, 0.2) is 0 Å². The molecule has 2 heterocycles. The zero-order chi connectivity index (χ0) is 19.2. The molecule has 0 radical (unpaired) electrons. The second kappa shape index (κ2) is 6.39. The molecular formula is C17H17F3N2O4. The van der Waals surface area contributed by atoms with Crippen molar-refractivity contribution in [3.05, 3.63) is 35.4 Å². The van der Waals surface area contributed by atoms with Gasteiger partial charge in [-0.1, -0.05) is 12.1 Å². The number of carbonyl (C=O) groups is 3. The number of hydrogen-bond donors (Lipinski definition) is 1. The molecule has 0 saturated carbocycles. The van der Waals surface area contributed by atoms with Crippen molar-refractivity contribution in [2.45, 2.75) is 25.2 Å². The standard InChI is InChI=1S/C17H17F3N2O4/c1-3-22-14(23)10-11(15(22)24)13(16(25)26-2)21-12(10)8-5-4-6-9(7-8)17(18,19)20/h4-7,10-13,21H,3H2,1-2H3/t10-,11+,12-,13-/m1/s1. The van der Waals surface area contributed by atoms with E-state index in [1.807, 2.05) is 0 Å². The van der Waals surface area contributed by atoms with Gasteiger partial charge in [0.1, 0.15) is 6.04 Å². The van der Waals surface area contributed by atoms with Crippen molar-refractivity contribution in [3.8, 4) is 0 Å². The fourth-order valence-electron chi connectivity index (χ4n) is 3.74. The molecule has 140 valence electrons. The minimum Gasteiger partial charge on any atom is -0.468 e. The number of nitrogens with one attached hydrogen (secondary N) is 1. The first-order valence-corrected chi connectivity index (χ1v) is 8.07. The van der Waals surface area contributed by atoms with Crippen LogP contribution in [0.2, 0.25) is 0 Å². The molecule has 1 aromatic rings. The van der Waals surface area contributed by atoms with Crippen LogP contribution in [0.1, 0.15) is 24.1 Å². The van der Waals surface area contributed by atoms with Crippen molar-refractivity contribution in [2.24, 2.45) is 11.8 Å². The molecule has 2 amide bonds. The third kappa shape index (κ3) is 2.76. The maximum absolute atomic E-state index is 13.0. The van der Waals surface area contributed by atoms with Crippen molar-refractivity contribution in [1.82, 2.24) is 10.2 Å². The van der Waals surface area contributed by atoms with Crippen LogP contribution in [0, 0.1) is 11.8 Å². The zero-order valence-electron chi connectivity index (χ0n) is 14.0. The largest absolute Gasteiger partial charge is 0.468 e. The number of nitrogens with zero attached hydrogens (tertiary/aromatic N) is 1. The van der Waals surface area contributed by atoms with Gasteiger partial charge in [-0.25, -0.2) is 0 Å². The molecular weight excluding hydrogens is 353 g/mol. The van der Waals surface area contributed by atoms with E-state index in [2.05, 4.69) is 5.32 Å². The number of esters is 1. The number of rotatable bonds is 3. The molecule has 2 saturated heterocycles. The Balaban J connectivity index is 2.04. The number of alkyl halides is 3. The normalized spacial score (nSPS) is 28.4. The predicted octanol–water partition coefficient (Wildman–Crippen LogP) is 1.51. The Labute approximate surface area is 147 Å². The minimum atomic E-state index is -4.54. The molecule has 0 aromatic heterocycles. The average Bonchev–Trinajstić information content (AvgIpc) is 3.11. The fraction of sp³-hybridized carbons (Fsp3) is 0.471. The van der Waals surface area contributed by atoms with Crippen LogP contribution < -0.4 is 5.32 Å². The maximum atomic E-state index is 13.0. The van der Waals surface area contributed by atoms with Crippen LogP contribution in [0.4, 0.5) is 13.2 Å². The lowest BCUT2D eigenvalue weighted by molar-refractivity contribution is -0.148. The molecule has 26 heavy (non-hydrogen) atoms. The van der Waals surface area contributed by atoms with Gasteiger partial charge in [0, 0.05) is 12.6 Å². The van der Waals surface area contributed by atoms with Gasteiger partial charge >= 0.3 is 12.1 Å². The van der Waals surface area contributed by atoms with E-state index in [0.29, 0.717) is 0 Å². The summed E-state index contributed by atoms with van der Waals surface area (Å²) in [6.45, 7) is 1.75. The van der Waals surface area contributed by atoms with Crippen molar-refractivity contribution in [2.75, 3.05) is 13.7 Å². The van der Waals surface area contributed by atoms with E-state index in [1.165, 1.54) is 12.1 Å². The summed E-state index contributed by atoms with van der Waals surface area (Å²) in [6, 6.07) is 2.56. The summed E-state index contributed by atoms with van der Waals surface area (Å²) in [5.41, 5.74) is -0.667. The Hall–Kier alpha value is -2.42. The monoisotopic (exact) mass is 370 g/mol. The molecule has 4 atom stereocenters. The average molecular weight is 370 g/mol. The summed E-state index contributed by atoms with van der Waals surface area (Å²) in [7, 11) is 1.15. The number of ether oxygens (including phenoxy) is 1. The number of amides is 2. The Bertz CT molecular complexity index is 765. The summed E-state index contributed by atoms with van der Waals surface area (Å²) in [5, 5.41) is 2.83. The lowest BCUT2D eigenvalue weighted by atomic mass is 9.86. The van der Waals surface area contributed by atoms with Crippen molar-refractivity contribution >= 4 is 17.8 Å². The smallest absolute Gasteiger partial charge is 0.416 e. The Morgan fingerprint density at radius 2 is 1.88 bits per heavy atom. The summed E-state index contributed by atoms with van der Waals surface area (Å²) in [6.07, 6.45) is -4.54. The van der Waals surface area contributed by atoms with Crippen LogP contribution in [0.15, 0.2) is 24.3 Å². The van der Waals surface area contributed by atoms with Crippen LogP contribution in [0.5, 0.6) is 0 Å². The minimum absolute atomic E-state index is 0.133. The van der Waals surface area contributed by atoms with Crippen molar-refractivity contribution in [1.29, 1.82) is 0 Å². The maximum Gasteiger partial charge on any atom is 0.416 e. The molecule has 3 rings (SSSR count). The van der Waals surface area contributed by atoms with E-state index in [9.17, 15) is 27.6 Å². The van der Waals surface area contributed by atoms with Gasteiger partial charge in [0.25, 0.3) is 0 Å². The lowest BCUT2D eigenvalue weighted by Gasteiger charge is -2.21. The number of fused-ring (bicyclic) bond motifs is 1. The van der Waals surface area contributed by atoms with Gasteiger partial charge in [-0.3, -0.25) is 24.6 Å². The molecule has 2 aliphatic rings. The van der Waals surface area contributed by atoms with Crippen LogP contribution in [0.25, 0.3) is 0 Å². The first-order chi connectivity index (χ1) is 12.2. The highest BCUT2D eigenvalue weighted by molar-refractivity contribution is 6.08. The van der Waals surface area contributed by atoms with Gasteiger partial charge < -0.3 is 4.74 Å². The highest BCUT2D eigenvalue weighted by Gasteiger charge is 2.60. The molecule has 6 nitrogen and oxygen atoms in total. The Morgan fingerprint density at radius 3 is 2.46 bits per heavy atom. The lowest BCUT2D eigenvalue weighted by Crippen LogP contribution is -2.43. The molecule has 2 fully saturated rings. The zero-order valence-corrected chi connectivity index (χ0v) is 14.0. The number of methoxy groups -OCH3 is 1. The van der Waals surface area contributed by atoms with Crippen LogP contribution in [-0.4, -0.2) is 42.4 Å². The van der Waals surface area contributed by atoms with Crippen molar-refractivity contribution in [3.63, 3.8) is 0 Å². The van der Waals surface area contributed by atoms with E-state index < -0.39 is 53.4 Å². The van der Waals surface area contributed by atoms with E-state index >= 15 is 0 Å². The first kappa shape index (κ1) is 18.4. The van der Waals surface area contributed by atoms with Gasteiger partial charge in [0.05, 0.1) is 24.5 Å². The first-order valence-electron chi connectivity index (χ1n) is 8.07.